The van der Waals surface area contributed by atoms with E-state index in [0.29, 0.717) is 10.6 Å². The van der Waals surface area contributed by atoms with E-state index in [1.165, 1.54) is 24.9 Å². The van der Waals surface area contributed by atoms with Crippen LogP contribution in [-0.2, 0) is 4.74 Å². The average Bonchev–Trinajstić information content (AvgIpc) is 2.93. The quantitative estimate of drug-likeness (QED) is 0.804. The van der Waals surface area contributed by atoms with Crippen LogP contribution >= 0.6 is 11.3 Å². The number of allylic oxidation sites excluding steroid dienone is 2. The second-order valence-corrected chi connectivity index (χ2v) is 5.75. The molecule has 0 aromatic carbocycles. The van der Waals surface area contributed by atoms with Crippen molar-refractivity contribution in [2.75, 3.05) is 7.11 Å². The number of methoxy groups -OCH3 is 1. The fourth-order valence-electron chi connectivity index (χ4n) is 2.26. The molecule has 2 aromatic rings. The van der Waals surface area contributed by atoms with Crippen LogP contribution in [0.4, 0.5) is 0 Å². The van der Waals surface area contributed by atoms with E-state index in [2.05, 4.69) is 11.1 Å². The molecule has 0 atom stereocenters. The first-order valence-corrected chi connectivity index (χ1v) is 7.42. The van der Waals surface area contributed by atoms with Crippen LogP contribution in [0.3, 0.4) is 0 Å². The lowest BCUT2D eigenvalue weighted by molar-refractivity contribution is 0.0606. The molecule has 0 N–H and O–H groups in total. The molecule has 0 saturated heterocycles. The normalized spacial score (nSPS) is 14.9. The third-order valence-corrected chi connectivity index (χ3v) is 4.34. The number of thiophene rings is 1. The molecule has 104 valence electrons. The summed E-state index contributed by atoms with van der Waals surface area (Å²) in [6.07, 6.45) is 9.99. The number of fused-ring (bicyclic) bond motifs is 1. The molecule has 4 nitrogen and oxygen atoms in total. The van der Waals surface area contributed by atoms with Crippen molar-refractivity contribution in [2.24, 2.45) is 0 Å². The van der Waals surface area contributed by atoms with Crippen LogP contribution in [-0.4, -0.2) is 18.1 Å². The van der Waals surface area contributed by atoms with Gasteiger partial charge in [0.05, 0.1) is 18.0 Å². The van der Waals surface area contributed by atoms with Gasteiger partial charge in [-0.3, -0.25) is 4.98 Å². The lowest BCUT2D eigenvalue weighted by Gasteiger charge is -2.14. The van der Waals surface area contributed by atoms with E-state index in [1.54, 1.807) is 12.4 Å². The predicted molar refractivity (Wildman–Crippen MR) is 78.1 cm³/mol. The van der Waals surface area contributed by atoms with Gasteiger partial charge >= 0.3 is 5.97 Å². The second kappa shape index (κ2) is 5.63. The molecule has 5 heteroatoms. The molecule has 0 radical (unpaired) electrons. The third-order valence-electron chi connectivity index (χ3n) is 3.29. The minimum Gasteiger partial charge on any atom is -0.465 e. The van der Waals surface area contributed by atoms with Crippen molar-refractivity contribution in [3.63, 3.8) is 0 Å². The number of hydrogen-bond donors (Lipinski definition) is 0. The van der Waals surface area contributed by atoms with E-state index in [1.807, 2.05) is 6.07 Å². The number of pyridine rings is 1. The molecule has 2 heterocycles. The molecule has 0 amide bonds. The van der Waals surface area contributed by atoms with Gasteiger partial charge in [0.1, 0.15) is 10.6 Å². The average molecular weight is 289 g/mol. The number of carbonyl (C=O) groups excluding carboxylic acids is 1. The molecule has 0 saturated carbocycles. The predicted octanol–water partition coefficient (Wildman–Crippen LogP) is 3.92. The highest BCUT2D eigenvalue weighted by atomic mass is 32.1. The smallest absolute Gasteiger partial charge is 0.348 e. The Hall–Kier alpha value is -1.88. The van der Waals surface area contributed by atoms with Gasteiger partial charge in [-0.15, -0.1) is 11.3 Å². The molecule has 0 bridgehead atoms. The Morgan fingerprint density at radius 2 is 2.25 bits per heavy atom. The van der Waals surface area contributed by atoms with Crippen LogP contribution < -0.4 is 4.74 Å². The lowest BCUT2D eigenvalue weighted by atomic mass is 10.1. The van der Waals surface area contributed by atoms with Gasteiger partial charge < -0.3 is 9.47 Å². The first-order valence-electron chi connectivity index (χ1n) is 6.60. The Morgan fingerprint density at radius 1 is 1.35 bits per heavy atom. The summed E-state index contributed by atoms with van der Waals surface area (Å²) in [5.41, 5.74) is 0. The van der Waals surface area contributed by atoms with Gasteiger partial charge in [0.2, 0.25) is 0 Å². The Morgan fingerprint density at radius 3 is 3.00 bits per heavy atom. The molecular formula is C15H15NO3S. The van der Waals surface area contributed by atoms with Crippen LogP contribution in [0, 0.1) is 0 Å². The van der Waals surface area contributed by atoms with Gasteiger partial charge in [-0.2, -0.15) is 0 Å². The third kappa shape index (κ3) is 2.54. The van der Waals surface area contributed by atoms with Gasteiger partial charge in [0.15, 0.2) is 5.75 Å². The van der Waals surface area contributed by atoms with Gasteiger partial charge in [-0.05, 0) is 31.4 Å². The van der Waals surface area contributed by atoms with E-state index in [4.69, 9.17) is 9.47 Å². The molecule has 20 heavy (non-hydrogen) atoms. The number of hydrogen-bond acceptors (Lipinski definition) is 5. The first-order chi connectivity index (χ1) is 9.78. The summed E-state index contributed by atoms with van der Waals surface area (Å²) in [4.78, 5) is 16.4. The summed E-state index contributed by atoms with van der Waals surface area (Å²) in [6, 6.07) is 1.81. The standard InChI is InChI=1S/C15H15NO3S/c1-18-15(17)13-7-11-12(8-16-9-14(11)20-13)19-10-5-3-2-4-6-10/h5,7-9H,2-4,6H2,1H3. The zero-order valence-corrected chi connectivity index (χ0v) is 12.0. The van der Waals surface area contributed by atoms with E-state index >= 15 is 0 Å². The highest BCUT2D eigenvalue weighted by Crippen LogP contribution is 2.34. The second-order valence-electron chi connectivity index (χ2n) is 4.67. The Bertz CT molecular complexity index is 675. The number of aromatic nitrogens is 1. The largest absolute Gasteiger partial charge is 0.465 e. The van der Waals surface area contributed by atoms with Crippen molar-refractivity contribution in [1.29, 1.82) is 0 Å². The molecular weight excluding hydrogens is 274 g/mol. The zero-order valence-electron chi connectivity index (χ0n) is 11.2. The number of esters is 1. The van der Waals surface area contributed by atoms with E-state index in [-0.39, 0.29) is 5.97 Å². The van der Waals surface area contributed by atoms with Crippen molar-refractivity contribution >= 4 is 27.4 Å². The molecule has 1 aliphatic rings. The Labute approximate surface area is 121 Å². The molecule has 3 rings (SSSR count). The highest BCUT2D eigenvalue weighted by Gasteiger charge is 2.15. The molecule has 0 aliphatic heterocycles. The van der Waals surface area contributed by atoms with Crippen LogP contribution in [0.1, 0.15) is 35.4 Å². The Kier molecular flexibility index (Phi) is 3.69. The van der Waals surface area contributed by atoms with Crippen molar-refractivity contribution in [2.45, 2.75) is 25.7 Å². The van der Waals surface area contributed by atoms with Gasteiger partial charge in [-0.1, -0.05) is 0 Å². The Balaban J connectivity index is 1.96. The molecule has 0 unspecified atom stereocenters. The minimum absolute atomic E-state index is 0.325. The summed E-state index contributed by atoms with van der Waals surface area (Å²) < 4.78 is 11.6. The molecule has 0 spiro atoms. The van der Waals surface area contributed by atoms with Crippen LogP contribution in [0.5, 0.6) is 5.75 Å². The minimum atomic E-state index is -0.325. The van der Waals surface area contributed by atoms with Crippen molar-refractivity contribution in [1.82, 2.24) is 4.98 Å². The van der Waals surface area contributed by atoms with E-state index in [0.717, 1.165) is 35.1 Å². The van der Waals surface area contributed by atoms with Crippen molar-refractivity contribution in [3.05, 3.63) is 35.2 Å². The van der Waals surface area contributed by atoms with Crippen LogP contribution in [0.2, 0.25) is 0 Å². The number of ether oxygens (including phenoxy) is 2. The van der Waals surface area contributed by atoms with Crippen molar-refractivity contribution < 1.29 is 14.3 Å². The van der Waals surface area contributed by atoms with Crippen LogP contribution in [0.15, 0.2) is 30.3 Å². The summed E-state index contributed by atoms with van der Waals surface area (Å²) in [7, 11) is 1.38. The zero-order chi connectivity index (χ0) is 13.9. The lowest BCUT2D eigenvalue weighted by Crippen LogP contribution is -2.00. The molecule has 2 aromatic heterocycles. The first kappa shape index (κ1) is 13.1. The fraction of sp³-hybridized carbons (Fsp3) is 0.333. The maximum atomic E-state index is 11.6. The summed E-state index contributed by atoms with van der Waals surface area (Å²) in [5.74, 6) is 1.38. The van der Waals surface area contributed by atoms with E-state index in [9.17, 15) is 4.79 Å². The topological polar surface area (TPSA) is 48.4 Å². The summed E-state index contributed by atoms with van der Waals surface area (Å²) >= 11 is 1.37. The summed E-state index contributed by atoms with van der Waals surface area (Å²) in [6.45, 7) is 0. The van der Waals surface area contributed by atoms with Crippen molar-refractivity contribution in [3.8, 4) is 5.75 Å². The fourth-order valence-corrected chi connectivity index (χ4v) is 3.22. The monoisotopic (exact) mass is 289 g/mol. The van der Waals surface area contributed by atoms with Crippen LogP contribution in [0.25, 0.3) is 10.1 Å². The number of carbonyl (C=O) groups is 1. The maximum Gasteiger partial charge on any atom is 0.348 e. The van der Waals surface area contributed by atoms with E-state index < -0.39 is 0 Å². The van der Waals surface area contributed by atoms with Gasteiger partial charge in [-0.25, -0.2) is 4.79 Å². The van der Waals surface area contributed by atoms with Gasteiger partial charge in [0, 0.05) is 18.0 Å². The molecule has 1 aliphatic carbocycles. The molecule has 0 fully saturated rings. The number of nitrogens with zero attached hydrogens (tertiary/aromatic N) is 1. The number of rotatable bonds is 3. The summed E-state index contributed by atoms with van der Waals surface area (Å²) in [5, 5.41) is 0.914. The SMILES string of the molecule is COC(=O)c1cc2c(OC3=CCCCC3)cncc2s1. The maximum absolute atomic E-state index is 11.6. The van der Waals surface area contributed by atoms with Gasteiger partial charge in [0.25, 0.3) is 0 Å². The highest BCUT2D eigenvalue weighted by molar-refractivity contribution is 7.20.